The number of carboxylic acid groups (broad SMARTS) is 1. The van der Waals surface area contributed by atoms with E-state index in [2.05, 4.69) is 95.0 Å². The predicted octanol–water partition coefficient (Wildman–Crippen LogP) is 19.8. The molecule has 0 spiro atoms. The van der Waals surface area contributed by atoms with Crippen LogP contribution in [0.4, 0.5) is 4.39 Å². The molecule has 0 amide bonds. The van der Waals surface area contributed by atoms with Crippen molar-refractivity contribution in [2.75, 3.05) is 0 Å². The first kappa shape index (κ1) is 74.9. The molecule has 508 valence electrons. The van der Waals surface area contributed by atoms with E-state index in [4.69, 9.17) is 49.3 Å². The summed E-state index contributed by atoms with van der Waals surface area (Å²) in [5.41, 5.74) is 15.0. The van der Waals surface area contributed by atoms with Crippen molar-refractivity contribution >= 4 is 65.4 Å². The van der Waals surface area contributed by atoms with E-state index in [1.165, 1.54) is 43.1 Å². The fourth-order valence-corrected chi connectivity index (χ4v) is 11.8. The van der Waals surface area contributed by atoms with Gasteiger partial charge in [-0.05, 0) is 63.6 Å². The van der Waals surface area contributed by atoms with Crippen molar-refractivity contribution in [1.82, 2.24) is 39.8 Å². The standard InChI is InChI=1S/C12H12O2.2C11H10BrNO.C11H11ClN2.C11H8FNO3.C11H12N2O.C10H8BrNO/c1-9-7-11(8-13)12(14-9)10-5-3-2-4-6-10;1-8-10(7-12)11(13-14-8)9-5-3-2-4-6-9;1-8-10(7-12)11(14-13-8)9-5-3-2-4-6-9;12-8-11-13-6-7-14(11)9-10-4-2-1-3-5-10;1-6-9(11(14)15)10(13-16-6)7-2-4-8(12)5-3-7;1-13-11(10(8-14)7-12-13)9-5-3-2-4-6-9;11-6-9-10(12-7-13-9)8-4-2-1-3-5-8/h2-7,13H,8H2,1H3;2*2-6H,7H2,1H3;1-7H,8-9H2;2-5H,1H3,(H,14,15);2-7,14H,8H2,1H3;1-5,7H,6H2. The molecule has 0 bridgehead atoms. The van der Waals surface area contributed by atoms with Gasteiger partial charge >= 0.3 is 5.97 Å². The lowest BCUT2D eigenvalue weighted by Gasteiger charge is -2.05. The molecule has 0 saturated carbocycles. The monoisotopic (exact) mass is 1540 g/mol. The Morgan fingerprint density at radius 2 is 1.06 bits per heavy atom. The highest BCUT2D eigenvalue weighted by atomic mass is 79.9. The summed E-state index contributed by atoms with van der Waals surface area (Å²) in [6, 6.07) is 67.3. The summed E-state index contributed by atoms with van der Waals surface area (Å²) in [6.45, 7) is 8.15. The Hall–Kier alpha value is -9.87. The molecule has 14 aromatic rings. The average molecular weight is 1550 g/mol. The van der Waals surface area contributed by atoms with Gasteiger partial charge < -0.3 is 42.3 Å². The molecular weight excluding hydrogens is 1480 g/mol. The van der Waals surface area contributed by atoms with Gasteiger partial charge in [0, 0.05) is 92.3 Å². The van der Waals surface area contributed by atoms with Crippen LogP contribution in [-0.2, 0) is 48.7 Å². The minimum absolute atomic E-state index is 0.00612. The van der Waals surface area contributed by atoms with Crippen molar-refractivity contribution in [2.45, 2.75) is 69.3 Å². The van der Waals surface area contributed by atoms with Crippen LogP contribution in [0.5, 0.6) is 0 Å². The van der Waals surface area contributed by atoms with E-state index in [0.29, 0.717) is 16.8 Å². The van der Waals surface area contributed by atoms with E-state index in [1.54, 1.807) is 17.1 Å². The van der Waals surface area contributed by atoms with Gasteiger partial charge in [-0.25, -0.2) is 19.2 Å². The summed E-state index contributed by atoms with van der Waals surface area (Å²) in [5.74, 6) is 4.30. The minimum atomic E-state index is -1.11. The van der Waals surface area contributed by atoms with Crippen molar-refractivity contribution in [3.63, 3.8) is 0 Å². The Bertz CT molecular complexity index is 4530. The molecule has 0 atom stereocenters. The molecule has 99 heavy (non-hydrogen) atoms. The maximum absolute atomic E-state index is 12.7. The Morgan fingerprint density at radius 1 is 0.556 bits per heavy atom. The SMILES string of the molecule is BrCc1ocnc1-c1ccccc1.Cc1cc(CO)c(-c2ccccc2)o1.Cc1noc(-c2ccccc2)c1CBr.Cc1onc(-c2ccc(F)cc2)c1C(=O)O.Cc1onc(-c2ccccc2)c1CBr.ClCc1nccn1Cc1ccccc1.Cn1ncc(CO)c1-c1ccccc1. The van der Waals surface area contributed by atoms with Crippen molar-refractivity contribution in [2.24, 2.45) is 7.05 Å². The van der Waals surface area contributed by atoms with Crippen LogP contribution in [0.3, 0.4) is 0 Å². The number of imidazole rings is 1. The van der Waals surface area contributed by atoms with Crippen LogP contribution >= 0.6 is 59.4 Å². The van der Waals surface area contributed by atoms with Gasteiger partial charge in [0.25, 0.3) is 0 Å². The number of carboxylic acids is 1. The number of aryl methyl sites for hydroxylation is 5. The van der Waals surface area contributed by atoms with Crippen molar-refractivity contribution < 1.29 is 46.9 Å². The fourth-order valence-electron chi connectivity index (χ4n) is 9.84. The van der Waals surface area contributed by atoms with Gasteiger partial charge in [0.1, 0.15) is 63.1 Å². The minimum Gasteiger partial charge on any atom is -0.477 e. The number of nitrogens with zero attached hydrogens (tertiary/aromatic N) is 8. The van der Waals surface area contributed by atoms with Crippen LogP contribution in [0.25, 0.3) is 67.7 Å². The van der Waals surface area contributed by atoms with Crippen LogP contribution < -0.4 is 0 Å². The summed E-state index contributed by atoms with van der Waals surface area (Å²) in [4.78, 5) is 19.3. The second-order valence-corrected chi connectivity index (χ2v) is 23.5. The molecular formula is C77H71Br3ClFN8O9. The van der Waals surface area contributed by atoms with Crippen LogP contribution in [-0.4, -0.2) is 61.1 Å². The number of halogens is 5. The Labute approximate surface area is 603 Å². The molecule has 0 aliphatic carbocycles. The maximum atomic E-state index is 12.7. The second-order valence-electron chi connectivity index (χ2n) is 21.5. The fraction of sp³-hybridized carbons (Fsp3) is 0.156. The molecule has 0 unspecified atom stereocenters. The first-order valence-corrected chi connectivity index (χ1v) is 34.7. The third-order valence-electron chi connectivity index (χ3n) is 14.8. The molecule has 0 radical (unpaired) electrons. The highest BCUT2D eigenvalue weighted by Gasteiger charge is 2.21. The Morgan fingerprint density at radius 3 is 1.60 bits per heavy atom. The number of aromatic carboxylic acids is 1. The van der Waals surface area contributed by atoms with Crippen LogP contribution in [0.2, 0.25) is 0 Å². The summed E-state index contributed by atoms with van der Waals surface area (Å²) in [6.07, 6.45) is 6.90. The number of hydrogen-bond donors (Lipinski definition) is 3. The highest BCUT2D eigenvalue weighted by Crippen LogP contribution is 2.31. The van der Waals surface area contributed by atoms with Crippen molar-refractivity contribution in [3.05, 3.63) is 311 Å². The number of aromatic nitrogens is 8. The number of alkyl halides is 4. The van der Waals surface area contributed by atoms with E-state index in [0.717, 1.165) is 125 Å². The van der Waals surface area contributed by atoms with Gasteiger partial charge in [-0.3, -0.25) is 4.68 Å². The smallest absolute Gasteiger partial charge is 0.341 e. The molecule has 0 aliphatic rings. The zero-order valence-corrected chi connectivity index (χ0v) is 60.2. The van der Waals surface area contributed by atoms with E-state index >= 15 is 0 Å². The highest BCUT2D eigenvalue weighted by molar-refractivity contribution is 9.09. The van der Waals surface area contributed by atoms with Crippen molar-refractivity contribution in [3.8, 4) is 67.7 Å². The van der Waals surface area contributed by atoms with E-state index in [-0.39, 0.29) is 36.0 Å². The number of benzene rings is 7. The predicted molar refractivity (Wildman–Crippen MR) is 393 cm³/mol. The normalized spacial score (nSPS) is 10.4. The van der Waals surface area contributed by atoms with Gasteiger partial charge in [0.05, 0.1) is 42.0 Å². The average Bonchev–Trinajstić information content (AvgIpc) is 1.88. The quantitative estimate of drug-likeness (QED) is 0.0810. The third-order valence-corrected chi connectivity index (χ3v) is 16.7. The molecule has 7 aromatic carbocycles. The first-order valence-electron chi connectivity index (χ1n) is 30.8. The molecule has 3 N–H and O–H groups in total. The maximum Gasteiger partial charge on any atom is 0.341 e. The lowest BCUT2D eigenvalue weighted by molar-refractivity contribution is 0.0695. The number of carbonyl (C=O) groups is 1. The summed E-state index contributed by atoms with van der Waals surface area (Å²) in [7, 11) is 1.88. The van der Waals surface area contributed by atoms with E-state index in [1.807, 2.05) is 210 Å². The lowest BCUT2D eigenvalue weighted by atomic mass is 10.1. The van der Waals surface area contributed by atoms with Crippen LogP contribution in [0, 0.1) is 33.5 Å². The Kier molecular flexibility index (Phi) is 29.4. The number of furan rings is 1. The number of oxazole rings is 1. The Balaban J connectivity index is 0.000000147. The van der Waals surface area contributed by atoms with Crippen LogP contribution in [0.1, 0.15) is 72.7 Å². The lowest BCUT2D eigenvalue weighted by Crippen LogP contribution is -2.02. The number of hydrogen-bond acceptors (Lipinski definition) is 14. The first-order chi connectivity index (χ1) is 48.2. The van der Waals surface area contributed by atoms with Gasteiger partial charge in [0.15, 0.2) is 12.2 Å². The summed E-state index contributed by atoms with van der Waals surface area (Å²) >= 11 is 16.0. The van der Waals surface area contributed by atoms with E-state index in [9.17, 15) is 9.18 Å². The molecule has 14 rings (SSSR count). The van der Waals surface area contributed by atoms with Gasteiger partial charge in [-0.15, -0.1) is 11.6 Å². The topological polar surface area (TPSA) is 231 Å². The third kappa shape index (κ3) is 21.1. The zero-order chi connectivity index (χ0) is 70.5. The number of rotatable bonds is 15. The molecule has 7 aromatic heterocycles. The number of aliphatic hydroxyl groups is 2. The zero-order valence-electron chi connectivity index (χ0n) is 54.7. The number of aliphatic hydroxyl groups excluding tert-OH is 2. The molecule has 22 heteroatoms. The molecule has 0 saturated heterocycles. The summed E-state index contributed by atoms with van der Waals surface area (Å²) in [5, 5.41) is 45.3. The van der Waals surface area contributed by atoms with Gasteiger partial charge in [-0.2, -0.15) is 5.10 Å². The second kappa shape index (κ2) is 38.9. The van der Waals surface area contributed by atoms with E-state index < -0.39 is 5.97 Å². The van der Waals surface area contributed by atoms with Crippen molar-refractivity contribution in [1.29, 1.82) is 0 Å². The molecule has 7 heterocycles. The van der Waals surface area contributed by atoms with Crippen LogP contribution in [0.15, 0.2) is 260 Å². The van der Waals surface area contributed by atoms with Gasteiger partial charge in [-0.1, -0.05) is 245 Å². The molecule has 17 nitrogen and oxygen atoms in total. The molecule has 0 fully saturated rings. The molecule has 0 aliphatic heterocycles. The van der Waals surface area contributed by atoms with Gasteiger partial charge in [0.2, 0.25) is 0 Å². The summed E-state index contributed by atoms with van der Waals surface area (Å²) < 4.78 is 42.6. The largest absolute Gasteiger partial charge is 0.477 e.